The lowest BCUT2D eigenvalue weighted by Crippen LogP contribution is -2.13. The van der Waals surface area contributed by atoms with Crippen LogP contribution in [-0.4, -0.2) is 24.7 Å². The molecule has 1 N–H and O–H groups in total. The minimum absolute atomic E-state index is 0.0521. The number of aromatic nitrogens is 5. The van der Waals surface area contributed by atoms with Crippen LogP contribution < -0.4 is 5.32 Å². The predicted octanol–water partition coefficient (Wildman–Crippen LogP) is 2.04. The average Bonchev–Trinajstić information content (AvgIpc) is 2.75. The molecule has 0 aliphatic carbocycles. The summed E-state index contributed by atoms with van der Waals surface area (Å²) in [5, 5.41) is 11.3. The van der Waals surface area contributed by atoms with Crippen LogP contribution in [0.3, 0.4) is 0 Å². The summed E-state index contributed by atoms with van der Waals surface area (Å²) in [4.78, 5) is 8.84. The number of hydrogen-bond acceptors (Lipinski definition) is 5. The lowest BCUT2D eigenvalue weighted by atomic mass is 10.2. The predicted molar refractivity (Wildman–Crippen MR) is 73.8 cm³/mol. The molecular weight excluding hydrogens is 240 g/mol. The summed E-state index contributed by atoms with van der Waals surface area (Å²) in [6, 6.07) is 2.06. The Bertz CT molecular complexity index is 548. The lowest BCUT2D eigenvalue weighted by molar-refractivity contribution is 0.714. The summed E-state index contributed by atoms with van der Waals surface area (Å²) in [6.45, 7) is 6.10. The Hall–Kier alpha value is -1.98. The molecule has 0 amide bonds. The fourth-order valence-electron chi connectivity index (χ4n) is 2.06. The van der Waals surface area contributed by atoms with Crippen molar-refractivity contribution in [1.82, 2.24) is 24.7 Å². The van der Waals surface area contributed by atoms with Crippen molar-refractivity contribution in [2.24, 2.45) is 7.05 Å². The topological polar surface area (TPSA) is 68.5 Å². The molecule has 6 nitrogen and oxygen atoms in total. The molecular formula is C13H20N6. The Kier molecular flexibility index (Phi) is 4.09. The maximum Gasteiger partial charge on any atom is 0.154 e. The van der Waals surface area contributed by atoms with Gasteiger partial charge in [0, 0.05) is 18.8 Å². The van der Waals surface area contributed by atoms with Gasteiger partial charge in [-0.05, 0) is 20.3 Å². The summed E-state index contributed by atoms with van der Waals surface area (Å²) >= 11 is 0. The molecule has 1 unspecified atom stereocenters. The molecule has 1 atom stereocenters. The first-order chi connectivity index (χ1) is 9.10. The first-order valence-corrected chi connectivity index (χ1v) is 6.55. The van der Waals surface area contributed by atoms with E-state index in [2.05, 4.69) is 32.4 Å². The zero-order valence-electron chi connectivity index (χ0n) is 11.9. The summed E-state index contributed by atoms with van der Waals surface area (Å²) in [5.41, 5.74) is 1.07. The van der Waals surface area contributed by atoms with E-state index in [4.69, 9.17) is 0 Å². The molecule has 2 rings (SSSR count). The highest BCUT2D eigenvalue weighted by Crippen LogP contribution is 2.16. The second-order valence-electron chi connectivity index (χ2n) is 4.71. The van der Waals surface area contributed by atoms with Gasteiger partial charge in [0.1, 0.15) is 18.0 Å². The van der Waals surface area contributed by atoms with Crippen molar-refractivity contribution in [1.29, 1.82) is 0 Å². The van der Waals surface area contributed by atoms with E-state index in [0.717, 1.165) is 36.0 Å². The van der Waals surface area contributed by atoms with Crippen LogP contribution in [0.25, 0.3) is 0 Å². The van der Waals surface area contributed by atoms with Gasteiger partial charge in [0.15, 0.2) is 5.82 Å². The molecule has 0 fully saturated rings. The summed E-state index contributed by atoms with van der Waals surface area (Å²) in [7, 11) is 1.93. The van der Waals surface area contributed by atoms with Crippen LogP contribution in [0.4, 0.5) is 5.82 Å². The van der Waals surface area contributed by atoms with Crippen LogP contribution in [0.5, 0.6) is 0 Å². The molecule has 0 aliphatic heterocycles. The monoisotopic (exact) mass is 260 g/mol. The van der Waals surface area contributed by atoms with Gasteiger partial charge in [-0.15, -0.1) is 10.2 Å². The van der Waals surface area contributed by atoms with Gasteiger partial charge in [0.05, 0.1) is 6.04 Å². The molecule has 2 heterocycles. The van der Waals surface area contributed by atoms with E-state index in [9.17, 15) is 0 Å². The molecule has 0 saturated carbocycles. The number of aryl methyl sites for hydroxylation is 3. The maximum atomic E-state index is 4.43. The number of hydrogen-bond donors (Lipinski definition) is 1. The second-order valence-corrected chi connectivity index (χ2v) is 4.71. The van der Waals surface area contributed by atoms with Crippen molar-refractivity contribution in [2.75, 3.05) is 5.32 Å². The minimum atomic E-state index is 0.0521. The second kappa shape index (κ2) is 5.77. The van der Waals surface area contributed by atoms with Crippen molar-refractivity contribution < 1.29 is 0 Å². The fraction of sp³-hybridized carbons (Fsp3) is 0.538. The summed E-state index contributed by atoms with van der Waals surface area (Å²) in [5.74, 6) is 2.51. The van der Waals surface area contributed by atoms with Gasteiger partial charge >= 0.3 is 0 Å². The molecule has 2 aromatic rings. The lowest BCUT2D eigenvalue weighted by Gasteiger charge is -2.14. The highest BCUT2D eigenvalue weighted by molar-refractivity contribution is 5.37. The average molecular weight is 260 g/mol. The van der Waals surface area contributed by atoms with Crippen LogP contribution in [0.15, 0.2) is 12.4 Å². The van der Waals surface area contributed by atoms with Crippen LogP contribution in [0.1, 0.15) is 43.7 Å². The normalized spacial score (nSPS) is 12.4. The first kappa shape index (κ1) is 13.5. The number of nitrogens with one attached hydrogen (secondary N) is 1. The Balaban J connectivity index is 2.16. The zero-order valence-corrected chi connectivity index (χ0v) is 11.9. The standard InChI is InChI=1S/C13H20N6/c1-5-6-11-7-12(17-10(3)16-11)15-9(2)13-18-14-8-19(13)4/h7-9H,5-6H2,1-4H3,(H,15,16,17). The fourth-order valence-corrected chi connectivity index (χ4v) is 2.06. The van der Waals surface area contributed by atoms with Gasteiger partial charge in [-0.1, -0.05) is 13.3 Å². The molecule has 0 aliphatic rings. The zero-order chi connectivity index (χ0) is 13.8. The third-order valence-corrected chi connectivity index (χ3v) is 2.90. The first-order valence-electron chi connectivity index (χ1n) is 6.55. The molecule has 0 spiro atoms. The number of nitrogens with zero attached hydrogens (tertiary/aromatic N) is 5. The van der Waals surface area contributed by atoms with Crippen LogP contribution >= 0.6 is 0 Å². The largest absolute Gasteiger partial charge is 0.360 e. The molecule has 0 aromatic carbocycles. The Labute approximate surface area is 113 Å². The third-order valence-electron chi connectivity index (χ3n) is 2.90. The van der Waals surface area contributed by atoms with Crippen LogP contribution in [-0.2, 0) is 13.5 Å². The van der Waals surface area contributed by atoms with Crippen LogP contribution in [0.2, 0.25) is 0 Å². The van der Waals surface area contributed by atoms with Gasteiger partial charge in [0.2, 0.25) is 0 Å². The van der Waals surface area contributed by atoms with E-state index >= 15 is 0 Å². The van der Waals surface area contributed by atoms with Crippen molar-refractivity contribution in [3.63, 3.8) is 0 Å². The Morgan fingerprint density at radius 1 is 1.37 bits per heavy atom. The van der Waals surface area contributed by atoms with Gasteiger partial charge in [-0.25, -0.2) is 9.97 Å². The van der Waals surface area contributed by atoms with E-state index in [1.807, 2.05) is 31.5 Å². The molecule has 0 bridgehead atoms. The quantitative estimate of drug-likeness (QED) is 0.891. The molecule has 6 heteroatoms. The van der Waals surface area contributed by atoms with Crippen LogP contribution in [0, 0.1) is 6.92 Å². The highest BCUT2D eigenvalue weighted by atomic mass is 15.3. The van der Waals surface area contributed by atoms with Crippen molar-refractivity contribution in [3.8, 4) is 0 Å². The molecule has 102 valence electrons. The summed E-state index contributed by atoms with van der Waals surface area (Å²) < 4.78 is 1.90. The molecule has 19 heavy (non-hydrogen) atoms. The smallest absolute Gasteiger partial charge is 0.154 e. The van der Waals surface area contributed by atoms with E-state index < -0.39 is 0 Å². The molecule has 0 saturated heterocycles. The van der Waals surface area contributed by atoms with Crippen molar-refractivity contribution in [3.05, 3.63) is 29.7 Å². The Morgan fingerprint density at radius 3 is 2.79 bits per heavy atom. The van der Waals surface area contributed by atoms with Crippen molar-refractivity contribution in [2.45, 2.75) is 39.7 Å². The SMILES string of the molecule is CCCc1cc(NC(C)c2nncn2C)nc(C)n1. The van der Waals surface area contributed by atoms with Gasteiger partial charge in [-0.3, -0.25) is 0 Å². The third kappa shape index (κ3) is 3.27. The van der Waals surface area contributed by atoms with E-state index in [0.29, 0.717) is 0 Å². The van der Waals surface area contributed by atoms with E-state index in [1.54, 1.807) is 6.33 Å². The molecule has 2 aromatic heterocycles. The Morgan fingerprint density at radius 2 is 2.16 bits per heavy atom. The van der Waals surface area contributed by atoms with Crippen molar-refractivity contribution >= 4 is 5.82 Å². The maximum absolute atomic E-state index is 4.43. The highest BCUT2D eigenvalue weighted by Gasteiger charge is 2.12. The minimum Gasteiger partial charge on any atom is -0.360 e. The van der Waals surface area contributed by atoms with E-state index in [1.165, 1.54) is 0 Å². The van der Waals surface area contributed by atoms with Gasteiger partial charge in [0.25, 0.3) is 0 Å². The van der Waals surface area contributed by atoms with Gasteiger partial charge < -0.3 is 9.88 Å². The number of rotatable bonds is 5. The van der Waals surface area contributed by atoms with Gasteiger partial charge in [-0.2, -0.15) is 0 Å². The molecule has 0 radical (unpaired) electrons. The number of anilines is 1. The van der Waals surface area contributed by atoms with E-state index in [-0.39, 0.29) is 6.04 Å². The summed E-state index contributed by atoms with van der Waals surface area (Å²) in [6.07, 6.45) is 3.74.